The maximum absolute atomic E-state index is 11.9. The summed E-state index contributed by atoms with van der Waals surface area (Å²) in [6, 6.07) is 0. The van der Waals surface area contributed by atoms with Gasteiger partial charge >= 0.3 is 0 Å². The monoisotopic (exact) mass is 226 g/mol. The fraction of sp³-hybridized carbons (Fsp3) is 0.636. The van der Waals surface area contributed by atoms with Gasteiger partial charge in [-0.05, 0) is 13.8 Å². The molecule has 0 aliphatic heterocycles. The summed E-state index contributed by atoms with van der Waals surface area (Å²) in [7, 11) is 1.54. The number of aryl methyl sites for hydroxylation is 1. The number of methoxy groups -OCH3 is 1. The van der Waals surface area contributed by atoms with Crippen LogP contribution in [0.5, 0.6) is 5.75 Å². The van der Waals surface area contributed by atoms with E-state index in [9.17, 15) is 4.79 Å². The number of ketones is 1. The highest BCUT2D eigenvalue weighted by Crippen LogP contribution is 2.19. The average Bonchev–Trinajstić information content (AvgIpc) is 2.71. The van der Waals surface area contributed by atoms with Crippen LogP contribution in [0.2, 0.25) is 0 Å². The molecule has 0 aromatic carbocycles. The topological polar surface area (TPSA) is 53.4 Å². The molecule has 5 nitrogen and oxygen atoms in total. The van der Waals surface area contributed by atoms with Gasteiger partial charge in [0, 0.05) is 19.6 Å². The molecule has 0 saturated carbocycles. The Kier molecular flexibility index (Phi) is 4.98. The first-order valence-corrected chi connectivity index (χ1v) is 5.45. The summed E-state index contributed by atoms with van der Waals surface area (Å²) < 4.78 is 11.9. The Labute approximate surface area is 95.3 Å². The van der Waals surface area contributed by atoms with Crippen LogP contribution in [0.25, 0.3) is 0 Å². The fourth-order valence-electron chi connectivity index (χ4n) is 1.47. The standard InChI is InChI=1S/C11H18N2O3/c1-4-13-11(10(15-3)8-12-13)9(14)6-7-16-5-2/h8H,4-7H2,1-3H3. The van der Waals surface area contributed by atoms with Crippen molar-refractivity contribution in [2.24, 2.45) is 0 Å². The van der Waals surface area contributed by atoms with Gasteiger partial charge in [-0.1, -0.05) is 0 Å². The van der Waals surface area contributed by atoms with Crippen molar-refractivity contribution in [1.82, 2.24) is 9.78 Å². The zero-order valence-electron chi connectivity index (χ0n) is 10.0. The minimum absolute atomic E-state index is 0.00431. The molecule has 0 atom stereocenters. The van der Waals surface area contributed by atoms with Gasteiger partial charge in [0.05, 0.1) is 19.9 Å². The third kappa shape index (κ3) is 2.82. The van der Waals surface area contributed by atoms with Gasteiger partial charge in [-0.2, -0.15) is 5.10 Å². The first-order chi connectivity index (χ1) is 7.74. The van der Waals surface area contributed by atoms with Gasteiger partial charge in [0.15, 0.2) is 11.5 Å². The van der Waals surface area contributed by atoms with Gasteiger partial charge < -0.3 is 9.47 Å². The molecule has 1 aromatic heterocycles. The molecule has 1 rings (SSSR count). The Morgan fingerprint density at radius 3 is 2.81 bits per heavy atom. The van der Waals surface area contributed by atoms with Gasteiger partial charge in [-0.3, -0.25) is 9.48 Å². The molecule has 5 heteroatoms. The van der Waals surface area contributed by atoms with Gasteiger partial charge in [0.1, 0.15) is 5.69 Å². The predicted octanol–water partition coefficient (Wildman–Crippen LogP) is 1.52. The lowest BCUT2D eigenvalue weighted by molar-refractivity contribution is 0.0883. The Morgan fingerprint density at radius 1 is 1.50 bits per heavy atom. The average molecular weight is 226 g/mol. The summed E-state index contributed by atoms with van der Waals surface area (Å²) in [6.45, 7) is 5.55. The van der Waals surface area contributed by atoms with E-state index in [1.54, 1.807) is 10.9 Å². The van der Waals surface area contributed by atoms with Crippen molar-refractivity contribution in [3.8, 4) is 5.75 Å². The SMILES string of the molecule is CCOCCC(=O)c1c(OC)cnn1CC. The molecule has 0 spiro atoms. The van der Waals surface area contributed by atoms with Crippen molar-refractivity contribution in [3.05, 3.63) is 11.9 Å². The molecule has 0 aliphatic carbocycles. The molecular formula is C11H18N2O3. The van der Waals surface area contributed by atoms with E-state index in [0.717, 1.165) is 0 Å². The molecule has 0 N–H and O–H groups in total. The summed E-state index contributed by atoms with van der Waals surface area (Å²) in [4.78, 5) is 11.9. The second-order valence-electron chi connectivity index (χ2n) is 3.25. The van der Waals surface area contributed by atoms with Crippen molar-refractivity contribution in [1.29, 1.82) is 0 Å². The second-order valence-corrected chi connectivity index (χ2v) is 3.25. The zero-order chi connectivity index (χ0) is 12.0. The van der Waals surface area contributed by atoms with E-state index in [1.807, 2.05) is 13.8 Å². The van der Waals surface area contributed by atoms with E-state index in [1.165, 1.54) is 7.11 Å². The van der Waals surface area contributed by atoms with E-state index >= 15 is 0 Å². The van der Waals surface area contributed by atoms with Gasteiger partial charge in [0.2, 0.25) is 0 Å². The third-order valence-electron chi connectivity index (χ3n) is 2.27. The maximum atomic E-state index is 11.9. The molecule has 1 heterocycles. The number of ether oxygens (including phenoxy) is 2. The van der Waals surface area contributed by atoms with E-state index in [0.29, 0.717) is 37.6 Å². The van der Waals surface area contributed by atoms with Crippen LogP contribution in [0.4, 0.5) is 0 Å². The van der Waals surface area contributed by atoms with E-state index in [-0.39, 0.29) is 5.78 Å². The minimum atomic E-state index is 0.00431. The molecule has 0 amide bonds. The molecule has 90 valence electrons. The number of hydrogen-bond donors (Lipinski definition) is 0. The van der Waals surface area contributed by atoms with Crippen LogP contribution in [0, 0.1) is 0 Å². The predicted molar refractivity (Wildman–Crippen MR) is 59.9 cm³/mol. The highest BCUT2D eigenvalue weighted by Gasteiger charge is 2.18. The number of hydrogen-bond acceptors (Lipinski definition) is 4. The van der Waals surface area contributed by atoms with Crippen LogP contribution in [-0.2, 0) is 11.3 Å². The van der Waals surface area contributed by atoms with Gasteiger partial charge in [-0.25, -0.2) is 0 Å². The number of aromatic nitrogens is 2. The summed E-state index contributed by atoms with van der Waals surface area (Å²) >= 11 is 0. The molecule has 1 aromatic rings. The Bertz CT molecular complexity index is 325. The van der Waals surface area contributed by atoms with E-state index in [4.69, 9.17) is 9.47 Å². The first kappa shape index (κ1) is 12.7. The third-order valence-corrected chi connectivity index (χ3v) is 2.27. The normalized spacial score (nSPS) is 10.4. The van der Waals surface area contributed by atoms with Crippen LogP contribution in [0.15, 0.2) is 6.20 Å². The largest absolute Gasteiger partial charge is 0.493 e. The van der Waals surface area contributed by atoms with E-state index < -0.39 is 0 Å². The Balaban J connectivity index is 2.75. The lowest BCUT2D eigenvalue weighted by Crippen LogP contribution is -2.12. The Hall–Kier alpha value is -1.36. The molecule has 0 fully saturated rings. The maximum Gasteiger partial charge on any atom is 0.186 e. The number of nitrogens with zero attached hydrogens (tertiary/aromatic N) is 2. The molecule has 0 unspecified atom stereocenters. The highest BCUT2D eigenvalue weighted by molar-refractivity contribution is 5.97. The smallest absolute Gasteiger partial charge is 0.186 e. The van der Waals surface area contributed by atoms with Crippen LogP contribution in [0.3, 0.4) is 0 Å². The van der Waals surface area contributed by atoms with Crippen molar-refractivity contribution in [2.45, 2.75) is 26.8 Å². The number of carbonyl (C=O) groups is 1. The molecular weight excluding hydrogens is 208 g/mol. The molecule has 0 aliphatic rings. The molecule has 0 saturated heterocycles. The van der Waals surface area contributed by atoms with Crippen LogP contribution in [0.1, 0.15) is 30.8 Å². The van der Waals surface area contributed by atoms with Crippen LogP contribution >= 0.6 is 0 Å². The van der Waals surface area contributed by atoms with Gasteiger partial charge in [0.25, 0.3) is 0 Å². The zero-order valence-corrected chi connectivity index (χ0v) is 10.0. The van der Waals surface area contributed by atoms with E-state index in [2.05, 4.69) is 5.10 Å². The van der Waals surface area contributed by atoms with Crippen molar-refractivity contribution in [3.63, 3.8) is 0 Å². The highest BCUT2D eigenvalue weighted by atomic mass is 16.5. The molecule has 0 bridgehead atoms. The summed E-state index contributed by atoms with van der Waals surface area (Å²) in [5.74, 6) is 0.535. The van der Waals surface area contributed by atoms with Crippen molar-refractivity contribution >= 4 is 5.78 Å². The molecule has 16 heavy (non-hydrogen) atoms. The first-order valence-electron chi connectivity index (χ1n) is 5.45. The summed E-state index contributed by atoms with van der Waals surface area (Å²) in [5.41, 5.74) is 0.532. The van der Waals surface area contributed by atoms with Crippen LogP contribution < -0.4 is 4.74 Å². The minimum Gasteiger partial charge on any atom is -0.493 e. The molecule has 0 radical (unpaired) electrons. The number of Topliss-reactive ketones (excluding diaryl/α,β-unsaturated/α-hetero) is 1. The second kappa shape index (κ2) is 6.27. The lowest BCUT2D eigenvalue weighted by Gasteiger charge is -2.06. The number of carbonyl (C=O) groups excluding carboxylic acids is 1. The summed E-state index contributed by atoms with van der Waals surface area (Å²) in [6.07, 6.45) is 1.92. The Morgan fingerprint density at radius 2 is 2.25 bits per heavy atom. The summed E-state index contributed by atoms with van der Waals surface area (Å²) in [5, 5.41) is 4.08. The lowest BCUT2D eigenvalue weighted by atomic mass is 10.2. The van der Waals surface area contributed by atoms with Gasteiger partial charge in [-0.15, -0.1) is 0 Å². The van der Waals surface area contributed by atoms with Crippen LogP contribution in [-0.4, -0.2) is 35.9 Å². The van der Waals surface area contributed by atoms with Crippen molar-refractivity contribution < 1.29 is 14.3 Å². The number of rotatable bonds is 7. The fourth-order valence-corrected chi connectivity index (χ4v) is 1.47. The quantitative estimate of drug-likeness (QED) is 0.522. The van der Waals surface area contributed by atoms with Crippen molar-refractivity contribution in [2.75, 3.05) is 20.3 Å².